The van der Waals surface area contributed by atoms with Crippen LogP contribution >= 0.6 is 24.0 Å². The summed E-state index contributed by atoms with van der Waals surface area (Å²) in [5, 5.41) is 0.845. The fraction of sp³-hybridized carbons (Fsp3) is 0.273. The van der Waals surface area contributed by atoms with Gasteiger partial charge in [0, 0.05) is 6.20 Å². The van der Waals surface area contributed by atoms with Crippen molar-refractivity contribution in [3.8, 4) is 5.00 Å². The lowest BCUT2D eigenvalue weighted by Gasteiger charge is -2.05. The van der Waals surface area contributed by atoms with Gasteiger partial charge in [0.1, 0.15) is 5.00 Å². The van der Waals surface area contributed by atoms with Crippen LogP contribution < -0.4 is 5.69 Å². The smallest absolute Gasteiger partial charge is 0.259 e. The van der Waals surface area contributed by atoms with Crippen molar-refractivity contribution in [2.24, 2.45) is 0 Å². The molecule has 2 rings (SSSR count). The molecule has 0 aliphatic carbocycles. The maximum atomic E-state index is 11.8. The van der Waals surface area contributed by atoms with Crippen LogP contribution in [0, 0.1) is 0 Å². The van der Waals surface area contributed by atoms with Gasteiger partial charge in [-0.15, -0.1) is 24.0 Å². The largest absolute Gasteiger partial charge is 0.353 e. The van der Waals surface area contributed by atoms with Crippen molar-refractivity contribution >= 4 is 24.0 Å². The summed E-state index contributed by atoms with van der Waals surface area (Å²) >= 11 is 5.68. The van der Waals surface area contributed by atoms with E-state index < -0.39 is 0 Å². The zero-order chi connectivity index (χ0) is 11.7. The second-order valence-electron chi connectivity index (χ2n) is 3.77. The number of thiol groups is 1. The maximum absolute atomic E-state index is 11.8. The second-order valence-corrected chi connectivity index (χ2v) is 5.62. The summed E-state index contributed by atoms with van der Waals surface area (Å²) in [7, 11) is 0. The maximum Gasteiger partial charge on any atom is 0.353 e. The molecule has 0 aromatic carbocycles. The van der Waals surface area contributed by atoms with Crippen molar-refractivity contribution in [2.75, 3.05) is 0 Å². The number of hydrogen-bond acceptors (Lipinski definition) is 4. The van der Waals surface area contributed by atoms with E-state index in [2.05, 4.69) is 17.6 Å². The Morgan fingerprint density at radius 2 is 2.12 bits per heavy atom. The van der Waals surface area contributed by atoms with Gasteiger partial charge in [-0.05, 0) is 24.1 Å². The first-order valence-corrected chi connectivity index (χ1v) is 6.23. The molecule has 16 heavy (non-hydrogen) atoms. The molecule has 0 N–H and O–H groups in total. The Morgan fingerprint density at radius 1 is 1.38 bits per heavy atom. The first kappa shape index (κ1) is 11.4. The third kappa shape index (κ3) is 2.20. The van der Waals surface area contributed by atoms with Crippen LogP contribution in [0.3, 0.4) is 0 Å². The first-order valence-electron chi connectivity index (χ1n) is 4.96. The fourth-order valence-electron chi connectivity index (χ4n) is 1.35. The lowest BCUT2D eigenvalue weighted by Crippen LogP contribution is -2.21. The number of nitrogens with zero attached hydrogens (tertiary/aromatic N) is 2. The molecule has 0 saturated heterocycles. The molecular weight excluding hydrogens is 240 g/mol. The highest BCUT2D eigenvalue weighted by Crippen LogP contribution is 2.22. The predicted molar refractivity (Wildman–Crippen MR) is 69.1 cm³/mol. The molecule has 0 amide bonds. The van der Waals surface area contributed by atoms with Crippen LogP contribution in [0.25, 0.3) is 5.00 Å². The Labute approximate surface area is 103 Å². The average Bonchev–Trinajstić information content (AvgIpc) is 2.64. The van der Waals surface area contributed by atoms with Gasteiger partial charge in [-0.3, -0.25) is 4.57 Å². The van der Waals surface area contributed by atoms with Crippen molar-refractivity contribution in [1.29, 1.82) is 0 Å². The predicted octanol–water partition coefficient (Wildman–Crippen LogP) is 2.71. The van der Waals surface area contributed by atoms with Crippen LogP contribution in [0.2, 0.25) is 0 Å². The quantitative estimate of drug-likeness (QED) is 0.834. The van der Waals surface area contributed by atoms with Gasteiger partial charge in [0.2, 0.25) is 0 Å². The average molecular weight is 252 g/mol. The van der Waals surface area contributed by atoms with Crippen molar-refractivity contribution in [3.63, 3.8) is 0 Å². The SMILES string of the molecule is CC(C)c1ccn(-c2ccc(S)s2)c(=O)n1. The molecule has 0 atom stereocenters. The number of rotatable bonds is 2. The van der Waals surface area contributed by atoms with Crippen LogP contribution in [0.4, 0.5) is 0 Å². The molecule has 2 heterocycles. The van der Waals surface area contributed by atoms with E-state index in [4.69, 9.17) is 0 Å². The van der Waals surface area contributed by atoms with Crippen molar-refractivity contribution in [1.82, 2.24) is 9.55 Å². The molecule has 2 aromatic rings. The van der Waals surface area contributed by atoms with E-state index in [0.717, 1.165) is 14.9 Å². The van der Waals surface area contributed by atoms with Gasteiger partial charge < -0.3 is 0 Å². The van der Waals surface area contributed by atoms with E-state index in [1.807, 2.05) is 32.0 Å². The highest BCUT2D eigenvalue weighted by molar-refractivity contribution is 7.83. The third-order valence-corrected chi connectivity index (χ3v) is 3.54. The number of thiophene rings is 1. The van der Waals surface area contributed by atoms with Gasteiger partial charge in [-0.2, -0.15) is 4.98 Å². The molecule has 0 unspecified atom stereocenters. The van der Waals surface area contributed by atoms with Crippen LogP contribution in [-0.2, 0) is 0 Å². The Bertz CT molecular complexity index is 557. The van der Waals surface area contributed by atoms with Crippen LogP contribution in [0.1, 0.15) is 25.5 Å². The number of aromatic nitrogens is 2. The van der Waals surface area contributed by atoms with Crippen molar-refractivity contribution in [2.45, 2.75) is 24.0 Å². The molecule has 0 bridgehead atoms. The monoisotopic (exact) mass is 252 g/mol. The van der Waals surface area contributed by atoms with Crippen LogP contribution in [0.15, 0.2) is 33.4 Å². The summed E-state index contributed by atoms with van der Waals surface area (Å²) in [6.07, 6.45) is 1.77. The minimum absolute atomic E-state index is 0.235. The van der Waals surface area contributed by atoms with Gasteiger partial charge in [0.05, 0.1) is 9.90 Å². The Morgan fingerprint density at radius 3 is 2.62 bits per heavy atom. The molecule has 0 spiro atoms. The Kier molecular flexibility index (Phi) is 3.16. The fourth-order valence-corrected chi connectivity index (χ4v) is 2.43. The minimum Gasteiger partial charge on any atom is -0.259 e. The van der Waals surface area contributed by atoms with Gasteiger partial charge in [-0.1, -0.05) is 13.8 Å². The Balaban J connectivity index is 2.48. The van der Waals surface area contributed by atoms with E-state index in [0.29, 0.717) is 0 Å². The summed E-state index contributed by atoms with van der Waals surface area (Å²) in [5.74, 6) is 0.270. The third-order valence-electron chi connectivity index (χ3n) is 2.23. The molecule has 84 valence electrons. The highest BCUT2D eigenvalue weighted by Gasteiger charge is 2.06. The van der Waals surface area contributed by atoms with Gasteiger partial charge >= 0.3 is 5.69 Å². The van der Waals surface area contributed by atoms with Gasteiger partial charge in [0.15, 0.2) is 0 Å². The van der Waals surface area contributed by atoms with Crippen molar-refractivity contribution in [3.05, 3.63) is 40.6 Å². The zero-order valence-corrected chi connectivity index (χ0v) is 10.8. The molecule has 2 aromatic heterocycles. The van der Waals surface area contributed by atoms with Crippen LogP contribution in [0.5, 0.6) is 0 Å². The van der Waals surface area contributed by atoms with Crippen molar-refractivity contribution < 1.29 is 0 Å². The lowest BCUT2D eigenvalue weighted by atomic mass is 10.1. The van der Waals surface area contributed by atoms with E-state index in [-0.39, 0.29) is 11.6 Å². The van der Waals surface area contributed by atoms with E-state index in [1.54, 1.807) is 6.20 Å². The summed E-state index contributed by atoms with van der Waals surface area (Å²) < 4.78 is 2.42. The van der Waals surface area contributed by atoms with Gasteiger partial charge in [-0.25, -0.2) is 4.79 Å². The van der Waals surface area contributed by atoms with E-state index in [1.165, 1.54) is 15.9 Å². The van der Waals surface area contributed by atoms with Crippen LogP contribution in [-0.4, -0.2) is 9.55 Å². The molecular formula is C11H12N2OS2. The van der Waals surface area contributed by atoms with E-state index in [9.17, 15) is 4.79 Å². The normalized spacial score (nSPS) is 11.0. The van der Waals surface area contributed by atoms with Gasteiger partial charge in [0.25, 0.3) is 0 Å². The molecule has 0 aliphatic heterocycles. The molecule has 0 saturated carbocycles. The topological polar surface area (TPSA) is 34.9 Å². The zero-order valence-electron chi connectivity index (χ0n) is 9.04. The second kappa shape index (κ2) is 4.43. The summed E-state index contributed by atoms with van der Waals surface area (Å²) in [6, 6.07) is 5.61. The standard InChI is InChI=1S/C11H12N2OS2/c1-7(2)8-5-6-13(11(14)12-8)9-3-4-10(15)16-9/h3-7,15H,1-2H3. The molecule has 0 radical (unpaired) electrons. The molecule has 5 heteroatoms. The molecule has 0 fully saturated rings. The summed E-state index contributed by atoms with van der Waals surface area (Å²) in [6.45, 7) is 4.03. The number of hydrogen-bond donors (Lipinski definition) is 1. The first-order chi connectivity index (χ1) is 7.58. The summed E-state index contributed by atoms with van der Waals surface area (Å²) in [5.41, 5.74) is 0.588. The lowest BCUT2D eigenvalue weighted by molar-refractivity contribution is 0.781. The van der Waals surface area contributed by atoms with E-state index >= 15 is 0 Å². The summed E-state index contributed by atoms with van der Waals surface area (Å²) in [4.78, 5) is 15.8. The minimum atomic E-state index is -0.235. The molecule has 0 aliphatic rings. The highest BCUT2D eigenvalue weighted by atomic mass is 32.2. The molecule has 3 nitrogen and oxygen atoms in total. The Hall–Kier alpha value is -1.07.